The van der Waals surface area contributed by atoms with E-state index in [1.165, 1.54) is 25.7 Å². The fourth-order valence-corrected chi connectivity index (χ4v) is 1.60. The van der Waals surface area contributed by atoms with Gasteiger partial charge in [-0.15, -0.1) is 5.92 Å². The largest absolute Gasteiger partial charge is 0.306 e. The summed E-state index contributed by atoms with van der Waals surface area (Å²) in [5.74, 6) is 7.42. The molecule has 0 spiro atoms. The van der Waals surface area contributed by atoms with Gasteiger partial charge in [0.15, 0.2) is 0 Å². The van der Waals surface area contributed by atoms with Crippen molar-refractivity contribution in [2.75, 3.05) is 14.1 Å². The highest BCUT2D eigenvalue weighted by Gasteiger charge is 2.10. The molecule has 0 saturated heterocycles. The Bertz CT molecular complexity index is 203. The maximum atomic E-state index is 3.41. The average Bonchev–Trinajstić information content (AvgIpc) is 2.19. The Morgan fingerprint density at radius 1 is 1.36 bits per heavy atom. The van der Waals surface area contributed by atoms with Gasteiger partial charge in [0.05, 0.1) is 0 Å². The minimum absolute atomic E-state index is 0.581. The molecule has 1 unspecified atom stereocenters. The Kier molecular flexibility index (Phi) is 5.04. The first-order chi connectivity index (χ1) is 6.70. The quantitative estimate of drug-likeness (QED) is 0.608. The van der Waals surface area contributed by atoms with Crippen LogP contribution in [0, 0.1) is 24.2 Å². The van der Waals surface area contributed by atoms with Crippen LogP contribution in [0.2, 0.25) is 0 Å². The van der Waals surface area contributed by atoms with Gasteiger partial charge in [-0.3, -0.25) is 0 Å². The Hall–Kier alpha value is -0.480. The van der Waals surface area contributed by atoms with Crippen molar-refractivity contribution in [2.45, 2.75) is 45.1 Å². The van der Waals surface area contributed by atoms with E-state index in [1.54, 1.807) is 0 Å². The highest BCUT2D eigenvalue weighted by atomic mass is 15.1. The zero-order valence-corrected chi connectivity index (χ0v) is 9.71. The van der Waals surface area contributed by atoms with E-state index in [9.17, 15) is 0 Å². The summed E-state index contributed by atoms with van der Waals surface area (Å²) >= 11 is 0. The lowest BCUT2D eigenvalue weighted by atomic mass is 9.90. The number of rotatable bonds is 2. The predicted molar refractivity (Wildman–Crippen MR) is 61.8 cm³/mol. The zero-order chi connectivity index (χ0) is 10.4. The Morgan fingerprint density at radius 3 is 2.57 bits per heavy atom. The van der Waals surface area contributed by atoms with Gasteiger partial charge in [0.1, 0.15) is 0 Å². The van der Waals surface area contributed by atoms with Crippen LogP contribution in [0.5, 0.6) is 0 Å². The van der Waals surface area contributed by atoms with Crippen molar-refractivity contribution in [3.05, 3.63) is 6.42 Å². The summed E-state index contributed by atoms with van der Waals surface area (Å²) in [6, 6.07) is 0.581. The third kappa shape index (κ3) is 4.15. The zero-order valence-electron chi connectivity index (χ0n) is 9.71. The molecule has 1 rings (SSSR count). The molecule has 79 valence electrons. The predicted octanol–water partition coefficient (Wildman–Crippen LogP) is 2.72. The molecular weight excluding hydrogens is 170 g/mol. The van der Waals surface area contributed by atoms with Gasteiger partial charge in [-0.05, 0) is 53.1 Å². The molecule has 1 radical (unpaired) electrons. The average molecular weight is 192 g/mol. The summed E-state index contributed by atoms with van der Waals surface area (Å²) < 4.78 is 0. The summed E-state index contributed by atoms with van der Waals surface area (Å²) in [5, 5.41) is 0. The minimum atomic E-state index is 0.581. The smallest absolute Gasteiger partial charge is 0.0242 e. The standard InChI is InChI=1S/C13H22N/c1-12(14(2)3)8-7-11-13-9-5-4-6-10-13/h4,12-13H,5-6,8-10H2,1-3H3. The lowest BCUT2D eigenvalue weighted by Gasteiger charge is -2.17. The molecule has 1 atom stereocenters. The third-order valence-corrected chi connectivity index (χ3v) is 3.02. The van der Waals surface area contributed by atoms with E-state index in [-0.39, 0.29) is 0 Å². The number of nitrogens with zero attached hydrogens (tertiary/aromatic N) is 1. The molecule has 0 bridgehead atoms. The topological polar surface area (TPSA) is 3.24 Å². The van der Waals surface area contributed by atoms with Gasteiger partial charge < -0.3 is 4.90 Å². The fraction of sp³-hybridized carbons (Fsp3) is 0.769. The molecular formula is C13H22N. The molecule has 0 aromatic carbocycles. The maximum absolute atomic E-state index is 3.41. The van der Waals surface area contributed by atoms with Gasteiger partial charge in [0.2, 0.25) is 0 Å². The van der Waals surface area contributed by atoms with Gasteiger partial charge in [0.25, 0.3) is 0 Å². The van der Waals surface area contributed by atoms with Gasteiger partial charge in [-0.2, -0.15) is 0 Å². The van der Waals surface area contributed by atoms with Crippen LogP contribution >= 0.6 is 0 Å². The van der Waals surface area contributed by atoms with Crippen molar-refractivity contribution in [1.82, 2.24) is 4.90 Å². The van der Waals surface area contributed by atoms with E-state index in [0.29, 0.717) is 12.0 Å². The number of hydrogen-bond acceptors (Lipinski definition) is 1. The van der Waals surface area contributed by atoms with Crippen LogP contribution < -0.4 is 0 Å². The molecule has 1 nitrogen and oxygen atoms in total. The summed E-state index contributed by atoms with van der Waals surface area (Å²) in [6.07, 6.45) is 8.49. The van der Waals surface area contributed by atoms with Crippen molar-refractivity contribution in [1.29, 1.82) is 0 Å². The molecule has 1 saturated carbocycles. The van der Waals surface area contributed by atoms with E-state index in [4.69, 9.17) is 0 Å². The van der Waals surface area contributed by atoms with Crippen molar-refractivity contribution in [2.24, 2.45) is 5.92 Å². The molecule has 1 heteroatoms. The van der Waals surface area contributed by atoms with Crippen LogP contribution in [-0.2, 0) is 0 Å². The highest BCUT2D eigenvalue weighted by Crippen LogP contribution is 2.21. The van der Waals surface area contributed by atoms with Gasteiger partial charge >= 0.3 is 0 Å². The molecule has 0 aromatic rings. The fourth-order valence-electron chi connectivity index (χ4n) is 1.60. The normalized spacial score (nSPS) is 20.3. The van der Waals surface area contributed by atoms with E-state index in [0.717, 1.165) is 6.42 Å². The van der Waals surface area contributed by atoms with Crippen molar-refractivity contribution >= 4 is 0 Å². The third-order valence-electron chi connectivity index (χ3n) is 3.02. The van der Waals surface area contributed by atoms with Crippen molar-refractivity contribution in [3.8, 4) is 11.8 Å². The molecule has 0 amide bonds. The van der Waals surface area contributed by atoms with Crippen LogP contribution in [0.25, 0.3) is 0 Å². The second-order valence-electron chi connectivity index (χ2n) is 4.48. The Labute approximate surface area is 88.9 Å². The summed E-state index contributed by atoms with van der Waals surface area (Å²) in [5.41, 5.74) is 0. The van der Waals surface area contributed by atoms with E-state index in [1.807, 2.05) is 0 Å². The first kappa shape index (κ1) is 11.6. The van der Waals surface area contributed by atoms with Crippen LogP contribution in [0.1, 0.15) is 39.0 Å². The van der Waals surface area contributed by atoms with Crippen molar-refractivity contribution in [3.63, 3.8) is 0 Å². The molecule has 0 aromatic heterocycles. The van der Waals surface area contributed by atoms with Crippen LogP contribution in [-0.4, -0.2) is 25.0 Å². The van der Waals surface area contributed by atoms with Crippen molar-refractivity contribution < 1.29 is 0 Å². The SMILES string of the molecule is CC(CC#CC1CC[CH]CC1)N(C)C. The molecule has 0 aliphatic heterocycles. The summed E-state index contributed by atoms with van der Waals surface area (Å²) in [6.45, 7) is 2.23. The first-order valence-corrected chi connectivity index (χ1v) is 5.66. The van der Waals surface area contributed by atoms with Gasteiger partial charge in [-0.25, -0.2) is 0 Å². The molecule has 0 N–H and O–H groups in total. The second-order valence-corrected chi connectivity index (χ2v) is 4.48. The Balaban J connectivity index is 2.24. The van der Waals surface area contributed by atoms with Gasteiger partial charge in [0, 0.05) is 18.4 Å². The lowest BCUT2D eigenvalue weighted by molar-refractivity contribution is 0.318. The van der Waals surface area contributed by atoms with E-state index >= 15 is 0 Å². The molecule has 1 aliphatic rings. The maximum Gasteiger partial charge on any atom is 0.0242 e. The molecule has 1 fully saturated rings. The Morgan fingerprint density at radius 2 is 2.00 bits per heavy atom. The molecule has 14 heavy (non-hydrogen) atoms. The monoisotopic (exact) mass is 192 g/mol. The first-order valence-electron chi connectivity index (χ1n) is 5.66. The minimum Gasteiger partial charge on any atom is -0.306 e. The highest BCUT2D eigenvalue weighted by molar-refractivity contribution is 5.06. The number of hydrogen-bond donors (Lipinski definition) is 0. The summed E-state index contributed by atoms with van der Waals surface area (Å²) in [4.78, 5) is 2.23. The van der Waals surface area contributed by atoms with E-state index in [2.05, 4.69) is 44.2 Å². The van der Waals surface area contributed by atoms with Crippen LogP contribution in [0.4, 0.5) is 0 Å². The van der Waals surface area contributed by atoms with E-state index < -0.39 is 0 Å². The van der Waals surface area contributed by atoms with Gasteiger partial charge in [-0.1, -0.05) is 5.92 Å². The van der Waals surface area contributed by atoms with Crippen LogP contribution in [0.3, 0.4) is 0 Å². The lowest BCUT2D eigenvalue weighted by Crippen LogP contribution is -2.23. The second kappa shape index (κ2) is 6.09. The molecule has 1 aliphatic carbocycles. The summed E-state index contributed by atoms with van der Waals surface area (Å²) in [7, 11) is 4.23. The molecule has 0 heterocycles. The van der Waals surface area contributed by atoms with Crippen LogP contribution in [0.15, 0.2) is 0 Å².